The van der Waals surface area contributed by atoms with Gasteiger partial charge in [-0.3, -0.25) is 14.5 Å². The predicted molar refractivity (Wildman–Crippen MR) is 121 cm³/mol. The van der Waals surface area contributed by atoms with E-state index in [0.717, 1.165) is 29.7 Å². The minimum Gasteiger partial charge on any atom is -0.364 e. The van der Waals surface area contributed by atoms with E-state index >= 15 is 0 Å². The molecule has 0 radical (unpaired) electrons. The van der Waals surface area contributed by atoms with E-state index in [1.54, 1.807) is 18.6 Å². The van der Waals surface area contributed by atoms with Crippen LogP contribution in [0.5, 0.6) is 0 Å². The van der Waals surface area contributed by atoms with Crippen molar-refractivity contribution in [3.8, 4) is 0 Å². The first-order chi connectivity index (χ1) is 15.9. The number of anilines is 1. The van der Waals surface area contributed by atoms with Gasteiger partial charge in [0.25, 0.3) is 5.56 Å². The lowest BCUT2D eigenvalue weighted by molar-refractivity contribution is 0.0553. The second kappa shape index (κ2) is 8.85. The third-order valence-electron chi connectivity index (χ3n) is 6.81. The summed E-state index contributed by atoms with van der Waals surface area (Å²) in [5.74, 6) is 0. The largest absolute Gasteiger partial charge is 0.364 e. The highest BCUT2D eigenvalue weighted by Gasteiger charge is 2.42. The number of alkyl halides is 2. The Labute approximate surface area is 194 Å². The molecule has 1 unspecified atom stereocenters. The van der Waals surface area contributed by atoms with E-state index in [2.05, 4.69) is 20.3 Å². The summed E-state index contributed by atoms with van der Waals surface area (Å²) in [6, 6.07) is 3.71. The normalized spacial score (nSPS) is 18.3. The van der Waals surface area contributed by atoms with Gasteiger partial charge in [0.15, 0.2) is 0 Å². The molecule has 2 aliphatic rings. The van der Waals surface area contributed by atoms with Crippen molar-refractivity contribution in [2.45, 2.75) is 63.5 Å². The summed E-state index contributed by atoms with van der Waals surface area (Å²) in [5, 5.41) is 10.9. The summed E-state index contributed by atoms with van der Waals surface area (Å²) >= 11 is 6.17. The minimum absolute atomic E-state index is 0.0298. The van der Waals surface area contributed by atoms with Crippen molar-refractivity contribution in [2.75, 3.05) is 11.4 Å². The summed E-state index contributed by atoms with van der Waals surface area (Å²) in [6.07, 6.45) is 6.14. The van der Waals surface area contributed by atoms with Crippen molar-refractivity contribution in [3.63, 3.8) is 0 Å². The molecule has 174 valence electrons. The molecule has 1 N–H and O–H groups in total. The number of hydrogen-bond donors (Lipinski definition) is 1. The summed E-state index contributed by atoms with van der Waals surface area (Å²) in [5.41, 5.74) is 1.96. The molecule has 1 atom stereocenters. The van der Waals surface area contributed by atoms with Gasteiger partial charge >= 0.3 is 0 Å². The maximum absolute atomic E-state index is 14.9. The molecule has 1 fully saturated rings. The van der Waals surface area contributed by atoms with Crippen molar-refractivity contribution in [1.29, 1.82) is 0 Å². The fourth-order valence-electron chi connectivity index (χ4n) is 4.92. The van der Waals surface area contributed by atoms with Gasteiger partial charge in [-0.05, 0) is 24.5 Å². The molecule has 1 saturated carbocycles. The van der Waals surface area contributed by atoms with Crippen LogP contribution in [0.25, 0.3) is 0 Å². The number of halogens is 3. The van der Waals surface area contributed by atoms with Gasteiger partial charge in [-0.2, -0.15) is 10.2 Å². The van der Waals surface area contributed by atoms with Gasteiger partial charge in [0.05, 0.1) is 24.6 Å². The summed E-state index contributed by atoms with van der Waals surface area (Å²) < 4.78 is 31.7. The second-order valence-corrected chi connectivity index (χ2v) is 9.24. The van der Waals surface area contributed by atoms with Gasteiger partial charge < -0.3 is 4.90 Å². The van der Waals surface area contributed by atoms with Crippen molar-refractivity contribution in [3.05, 3.63) is 68.6 Å². The van der Waals surface area contributed by atoms with E-state index in [1.807, 2.05) is 21.7 Å². The molecular formula is C23H25ClF2N6O. The average molecular weight is 475 g/mol. The Hall–Kier alpha value is -2.81. The van der Waals surface area contributed by atoms with Crippen LogP contribution < -0.4 is 10.5 Å². The molecule has 1 aliphatic heterocycles. The van der Waals surface area contributed by atoms with Crippen LogP contribution in [0.2, 0.25) is 5.02 Å². The lowest BCUT2D eigenvalue weighted by Gasteiger charge is -2.29. The van der Waals surface area contributed by atoms with Crippen LogP contribution in [0.1, 0.15) is 48.2 Å². The molecular weight excluding hydrogens is 450 g/mol. The SMILES string of the molecule is O=c1[nH]ncc(N2CCc3c(cnn3Cc3cccnc3CC(F)C3(F)CCCC3)C2)c1Cl. The molecule has 5 rings (SSSR count). The Balaban J connectivity index is 1.34. The first kappa shape index (κ1) is 22.0. The van der Waals surface area contributed by atoms with Crippen molar-refractivity contribution in [1.82, 2.24) is 25.0 Å². The third-order valence-corrected chi connectivity index (χ3v) is 7.17. The van der Waals surface area contributed by atoms with Crippen molar-refractivity contribution >= 4 is 17.3 Å². The van der Waals surface area contributed by atoms with Crippen LogP contribution in [-0.2, 0) is 25.9 Å². The number of fused-ring (bicyclic) bond motifs is 1. The number of pyridine rings is 1. The molecule has 3 aromatic heterocycles. The zero-order chi connectivity index (χ0) is 23.0. The van der Waals surface area contributed by atoms with E-state index in [0.29, 0.717) is 37.4 Å². The van der Waals surface area contributed by atoms with Gasteiger partial charge in [0, 0.05) is 49.1 Å². The zero-order valence-corrected chi connectivity index (χ0v) is 18.9. The Kier molecular flexibility index (Phi) is 5.90. The Morgan fingerprint density at radius 2 is 2.09 bits per heavy atom. The number of aromatic amines is 1. The molecule has 33 heavy (non-hydrogen) atoms. The molecule has 0 bridgehead atoms. The van der Waals surface area contributed by atoms with E-state index in [-0.39, 0.29) is 24.3 Å². The molecule has 7 nitrogen and oxygen atoms in total. The fourth-order valence-corrected chi connectivity index (χ4v) is 5.13. The Bertz CT molecular complexity index is 1210. The standard InChI is InChI=1S/C23H25ClF2N6O/c24-21-19(12-28-30-22(21)33)31-9-5-18-16(13-31)11-29-32(18)14-15-4-3-8-27-17(15)10-20(25)23(26)6-1-2-7-23/h3-4,8,11-12,20H,1-2,5-7,9-10,13-14H2,(H,30,33). The number of nitrogens with one attached hydrogen (secondary N) is 1. The molecule has 0 amide bonds. The smallest absolute Gasteiger partial charge is 0.285 e. The van der Waals surface area contributed by atoms with Gasteiger partial charge in [0.2, 0.25) is 0 Å². The quantitative estimate of drug-likeness (QED) is 0.588. The number of aromatic nitrogens is 5. The summed E-state index contributed by atoms with van der Waals surface area (Å²) in [4.78, 5) is 18.2. The van der Waals surface area contributed by atoms with Crippen LogP contribution >= 0.6 is 11.6 Å². The number of nitrogens with zero attached hydrogens (tertiary/aromatic N) is 5. The highest BCUT2D eigenvalue weighted by Crippen LogP contribution is 2.39. The van der Waals surface area contributed by atoms with E-state index in [1.165, 1.54) is 0 Å². The Morgan fingerprint density at radius 1 is 1.27 bits per heavy atom. The van der Waals surface area contributed by atoms with Crippen LogP contribution in [0, 0.1) is 0 Å². The van der Waals surface area contributed by atoms with Gasteiger partial charge in [-0.15, -0.1) is 0 Å². The van der Waals surface area contributed by atoms with E-state index < -0.39 is 17.4 Å². The van der Waals surface area contributed by atoms with Gasteiger partial charge in [0.1, 0.15) is 16.9 Å². The predicted octanol–water partition coefficient (Wildman–Crippen LogP) is 3.79. The number of rotatable bonds is 6. The summed E-state index contributed by atoms with van der Waals surface area (Å²) in [6.45, 7) is 1.65. The molecule has 0 aromatic carbocycles. The molecule has 1 aliphatic carbocycles. The van der Waals surface area contributed by atoms with Crippen LogP contribution in [0.15, 0.2) is 35.5 Å². The molecule has 0 spiro atoms. The number of H-pyrrole nitrogens is 1. The van der Waals surface area contributed by atoms with E-state index in [4.69, 9.17) is 11.6 Å². The first-order valence-electron chi connectivity index (χ1n) is 11.2. The molecule has 3 aromatic rings. The lowest BCUT2D eigenvalue weighted by Crippen LogP contribution is -2.34. The second-order valence-electron chi connectivity index (χ2n) is 8.87. The zero-order valence-electron chi connectivity index (χ0n) is 18.1. The van der Waals surface area contributed by atoms with E-state index in [9.17, 15) is 13.6 Å². The number of hydrogen-bond acceptors (Lipinski definition) is 5. The molecule has 0 saturated heterocycles. The first-order valence-corrected chi connectivity index (χ1v) is 11.6. The maximum atomic E-state index is 14.9. The van der Waals surface area contributed by atoms with Crippen molar-refractivity contribution < 1.29 is 8.78 Å². The Morgan fingerprint density at radius 3 is 2.91 bits per heavy atom. The molecule has 10 heteroatoms. The average Bonchev–Trinajstić information content (AvgIpc) is 3.44. The monoisotopic (exact) mass is 474 g/mol. The van der Waals surface area contributed by atoms with Crippen molar-refractivity contribution in [2.24, 2.45) is 0 Å². The maximum Gasteiger partial charge on any atom is 0.285 e. The van der Waals surface area contributed by atoms with Crippen LogP contribution in [0.3, 0.4) is 0 Å². The van der Waals surface area contributed by atoms with Crippen LogP contribution in [0.4, 0.5) is 14.5 Å². The minimum atomic E-state index is -1.74. The third kappa shape index (κ3) is 4.26. The topological polar surface area (TPSA) is 79.7 Å². The van der Waals surface area contributed by atoms with Gasteiger partial charge in [-0.25, -0.2) is 13.9 Å². The van der Waals surface area contributed by atoms with Gasteiger partial charge in [-0.1, -0.05) is 30.5 Å². The highest BCUT2D eigenvalue weighted by atomic mass is 35.5. The molecule has 4 heterocycles. The summed E-state index contributed by atoms with van der Waals surface area (Å²) in [7, 11) is 0. The lowest BCUT2D eigenvalue weighted by atomic mass is 9.93. The highest BCUT2D eigenvalue weighted by molar-refractivity contribution is 6.33. The van der Waals surface area contributed by atoms with Crippen LogP contribution in [-0.4, -0.2) is 43.3 Å². The fraction of sp³-hybridized carbons (Fsp3) is 0.478.